The number of hydrogen-bond acceptors (Lipinski definition) is 2. The van der Waals surface area contributed by atoms with Gasteiger partial charge in [0.05, 0.1) is 12.9 Å². The monoisotopic (exact) mass is 116 g/mol. The molecule has 0 fully saturated rings. The standard InChI is InChI=1S/C6H12O2/c1-2-8-6-4-3-5-7/h4,6-7H,2-3,5H2,1H3. The Bertz CT molecular complexity index is 51.5. The van der Waals surface area contributed by atoms with Gasteiger partial charge in [-0.1, -0.05) is 0 Å². The summed E-state index contributed by atoms with van der Waals surface area (Å²) in [6, 6.07) is 0. The van der Waals surface area contributed by atoms with E-state index < -0.39 is 0 Å². The first-order valence-electron chi connectivity index (χ1n) is 2.79. The van der Waals surface area contributed by atoms with E-state index in [1.807, 2.05) is 6.92 Å². The Morgan fingerprint density at radius 1 is 1.62 bits per heavy atom. The van der Waals surface area contributed by atoms with Crippen LogP contribution in [-0.4, -0.2) is 18.3 Å². The molecule has 2 heteroatoms. The van der Waals surface area contributed by atoms with Gasteiger partial charge in [-0.15, -0.1) is 0 Å². The SMILES string of the molecule is CCOC=CCCO. The second-order valence-electron chi connectivity index (χ2n) is 1.34. The van der Waals surface area contributed by atoms with Crippen LogP contribution in [0.25, 0.3) is 0 Å². The van der Waals surface area contributed by atoms with Gasteiger partial charge in [0.25, 0.3) is 0 Å². The number of hydrogen-bond donors (Lipinski definition) is 1. The lowest BCUT2D eigenvalue weighted by atomic mass is 10.4. The molecule has 0 aliphatic heterocycles. The van der Waals surface area contributed by atoms with Crippen molar-refractivity contribution in [2.45, 2.75) is 13.3 Å². The maximum atomic E-state index is 8.26. The van der Waals surface area contributed by atoms with Crippen LogP contribution in [0.3, 0.4) is 0 Å². The second-order valence-corrected chi connectivity index (χ2v) is 1.34. The van der Waals surface area contributed by atoms with Crippen LogP contribution in [-0.2, 0) is 4.74 Å². The van der Waals surface area contributed by atoms with Crippen molar-refractivity contribution < 1.29 is 9.84 Å². The van der Waals surface area contributed by atoms with Crippen LogP contribution in [0.1, 0.15) is 13.3 Å². The van der Waals surface area contributed by atoms with Gasteiger partial charge < -0.3 is 9.84 Å². The maximum absolute atomic E-state index is 8.26. The first-order valence-corrected chi connectivity index (χ1v) is 2.79. The van der Waals surface area contributed by atoms with Crippen LogP contribution >= 0.6 is 0 Å². The molecule has 0 spiro atoms. The van der Waals surface area contributed by atoms with E-state index in [1.54, 1.807) is 12.3 Å². The first-order chi connectivity index (χ1) is 3.91. The van der Waals surface area contributed by atoms with Crippen molar-refractivity contribution in [2.75, 3.05) is 13.2 Å². The van der Waals surface area contributed by atoms with Crippen molar-refractivity contribution in [3.63, 3.8) is 0 Å². The minimum absolute atomic E-state index is 0.198. The Morgan fingerprint density at radius 2 is 2.38 bits per heavy atom. The lowest BCUT2D eigenvalue weighted by Gasteiger charge is -1.89. The minimum atomic E-state index is 0.198. The van der Waals surface area contributed by atoms with E-state index in [2.05, 4.69) is 0 Å². The van der Waals surface area contributed by atoms with E-state index >= 15 is 0 Å². The molecule has 0 unspecified atom stereocenters. The summed E-state index contributed by atoms with van der Waals surface area (Å²) < 4.78 is 4.84. The molecule has 0 saturated carbocycles. The van der Waals surface area contributed by atoms with Gasteiger partial charge >= 0.3 is 0 Å². The van der Waals surface area contributed by atoms with E-state index in [-0.39, 0.29) is 6.61 Å². The Balaban J connectivity index is 2.83. The molecule has 0 aliphatic carbocycles. The van der Waals surface area contributed by atoms with E-state index in [1.165, 1.54) is 0 Å². The molecular formula is C6H12O2. The lowest BCUT2D eigenvalue weighted by Crippen LogP contribution is -1.79. The topological polar surface area (TPSA) is 29.5 Å². The molecule has 0 aromatic carbocycles. The molecule has 0 atom stereocenters. The molecule has 0 aliphatic rings. The van der Waals surface area contributed by atoms with Crippen molar-refractivity contribution in [2.24, 2.45) is 0 Å². The summed E-state index contributed by atoms with van der Waals surface area (Å²) in [6.07, 6.45) is 4.08. The van der Waals surface area contributed by atoms with E-state index in [9.17, 15) is 0 Å². The van der Waals surface area contributed by atoms with Gasteiger partial charge in [-0.3, -0.25) is 0 Å². The highest BCUT2D eigenvalue weighted by Gasteiger charge is 1.71. The summed E-state index contributed by atoms with van der Waals surface area (Å²) in [6.45, 7) is 2.81. The Kier molecular flexibility index (Phi) is 6.09. The highest BCUT2D eigenvalue weighted by Crippen LogP contribution is 1.80. The zero-order valence-corrected chi connectivity index (χ0v) is 5.13. The highest BCUT2D eigenvalue weighted by atomic mass is 16.5. The third-order valence-electron chi connectivity index (χ3n) is 0.655. The normalized spacial score (nSPS) is 10.2. The first kappa shape index (κ1) is 7.50. The zero-order chi connectivity index (χ0) is 6.24. The maximum Gasteiger partial charge on any atom is 0.0845 e. The summed E-state index contributed by atoms with van der Waals surface area (Å²) in [5, 5.41) is 8.26. The summed E-state index contributed by atoms with van der Waals surface area (Å²) >= 11 is 0. The highest BCUT2D eigenvalue weighted by molar-refractivity contribution is 4.71. The third-order valence-corrected chi connectivity index (χ3v) is 0.655. The number of rotatable bonds is 4. The molecule has 0 aromatic heterocycles. The fourth-order valence-electron chi connectivity index (χ4n) is 0.307. The lowest BCUT2D eigenvalue weighted by molar-refractivity contribution is 0.263. The Hall–Kier alpha value is -0.500. The van der Waals surface area contributed by atoms with E-state index in [0.717, 1.165) is 0 Å². The predicted octanol–water partition coefficient (Wildman–Crippen LogP) is 0.919. The summed E-state index contributed by atoms with van der Waals surface area (Å²) in [5.74, 6) is 0. The van der Waals surface area contributed by atoms with Crippen LogP contribution in [0.15, 0.2) is 12.3 Å². The molecule has 1 N–H and O–H groups in total. The van der Waals surface area contributed by atoms with Crippen LogP contribution in [0.2, 0.25) is 0 Å². The van der Waals surface area contributed by atoms with Gasteiger partial charge in [0.1, 0.15) is 0 Å². The van der Waals surface area contributed by atoms with Gasteiger partial charge in [-0.2, -0.15) is 0 Å². The average molecular weight is 116 g/mol. The zero-order valence-electron chi connectivity index (χ0n) is 5.13. The van der Waals surface area contributed by atoms with E-state index in [0.29, 0.717) is 13.0 Å². The van der Waals surface area contributed by atoms with Gasteiger partial charge in [-0.05, 0) is 19.4 Å². The molecule has 0 aromatic rings. The van der Waals surface area contributed by atoms with Crippen molar-refractivity contribution in [1.82, 2.24) is 0 Å². The van der Waals surface area contributed by atoms with Crippen molar-refractivity contribution in [3.05, 3.63) is 12.3 Å². The quantitative estimate of drug-likeness (QED) is 0.553. The van der Waals surface area contributed by atoms with Crippen LogP contribution in [0.5, 0.6) is 0 Å². The summed E-state index contributed by atoms with van der Waals surface area (Å²) in [7, 11) is 0. The Labute approximate surface area is 49.8 Å². The molecule has 8 heavy (non-hydrogen) atoms. The van der Waals surface area contributed by atoms with Crippen molar-refractivity contribution in [3.8, 4) is 0 Å². The van der Waals surface area contributed by atoms with Crippen LogP contribution < -0.4 is 0 Å². The van der Waals surface area contributed by atoms with Gasteiger partial charge in [0.15, 0.2) is 0 Å². The molecule has 48 valence electrons. The number of ether oxygens (including phenoxy) is 1. The smallest absolute Gasteiger partial charge is 0.0845 e. The minimum Gasteiger partial charge on any atom is -0.502 e. The number of aliphatic hydroxyl groups excluding tert-OH is 1. The summed E-state index contributed by atoms with van der Waals surface area (Å²) in [4.78, 5) is 0. The average Bonchev–Trinajstić information content (AvgIpc) is 1.81. The van der Waals surface area contributed by atoms with Gasteiger partial charge in [0.2, 0.25) is 0 Å². The van der Waals surface area contributed by atoms with Gasteiger partial charge in [0, 0.05) is 6.61 Å². The molecule has 0 amide bonds. The molecule has 0 saturated heterocycles. The predicted molar refractivity (Wildman–Crippen MR) is 32.5 cm³/mol. The molecule has 0 rings (SSSR count). The molecule has 0 radical (unpaired) electrons. The second kappa shape index (κ2) is 6.50. The molecule has 0 heterocycles. The molecular weight excluding hydrogens is 104 g/mol. The molecule has 0 bridgehead atoms. The fourth-order valence-corrected chi connectivity index (χ4v) is 0.307. The van der Waals surface area contributed by atoms with Gasteiger partial charge in [-0.25, -0.2) is 0 Å². The fraction of sp³-hybridized carbons (Fsp3) is 0.667. The third kappa shape index (κ3) is 5.50. The van der Waals surface area contributed by atoms with Crippen LogP contribution in [0.4, 0.5) is 0 Å². The largest absolute Gasteiger partial charge is 0.502 e. The van der Waals surface area contributed by atoms with E-state index in [4.69, 9.17) is 9.84 Å². The Morgan fingerprint density at radius 3 is 2.88 bits per heavy atom. The van der Waals surface area contributed by atoms with Crippen molar-refractivity contribution >= 4 is 0 Å². The summed E-state index contributed by atoms with van der Waals surface area (Å²) in [5.41, 5.74) is 0. The molecule has 2 nitrogen and oxygen atoms in total. The van der Waals surface area contributed by atoms with Crippen LogP contribution in [0, 0.1) is 0 Å². The van der Waals surface area contributed by atoms with Crippen molar-refractivity contribution in [1.29, 1.82) is 0 Å². The number of aliphatic hydroxyl groups is 1.